The van der Waals surface area contributed by atoms with Crippen LogP contribution in [0.15, 0.2) is 36.4 Å². The Morgan fingerprint density at radius 1 is 1.24 bits per heavy atom. The molecule has 4 nitrogen and oxygen atoms in total. The van der Waals surface area contributed by atoms with Gasteiger partial charge in [-0.15, -0.1) is 0 Å². The molecular weight excluding hydrogens is 280 g/mol. The topological polar surface area (TPSA) is 58.6 Å². The molecule has 2 aromatic carbocycles. The first-order valence-electron chi connectivity index (χ1n) is 6.09. The van der Waals surface area contributed by atoms with E-state index in [-0.39, 0.29) is 6.61 Å². The van der Waals surface area contributed by atoms with E-state index in [4.69, 9.17) is 9.84 Å². The number of hydrogen-bond donors (Lipinski definition) is 2. The normalized spacial score (nSPS) is 10.4. The SMILES string of the molecule is COCc1ccccc1Nc1c(F)cc(C(=O)O)cc1F. The van der Waals surface area contributed by atoms with Crippen molar-refractivity contribution >= 4 is 17.3 Å². The molecule has 0 heterocycles. The number of para-hydroxylation sites is 1. The van der Waals surface area contributed by atoms with Gasteiger partial charge in [-0.3, -0.25) is 0 Å². The van der Waals surface area contributed by atoms with Gasteiger partial charge < -0.3 is 15.2 Å². The zero-order valence-electron chi connectivity index (χ0n) is 11.2. The number of hydrogen-bond acceptors (Lipinski definition) is 3. The average molecular weight is 293 g/mol. The molecule has 0 bridgehead atoms. The Morgan fingerprint density at radius 3 is 2.43 bits per heavy atom. The van der Waals surface area contributed by atoms with Crippen LogP contribution < -0.4 is 5.32 Å². The maximum Gasteiger partial charge on any atom is 0.335 e. The molecule has 0 aliphatic carbocycles. The van der Waals surface area contributed by atoms with E-state index in [1.54, 1.807) is 24.3 Å². The molecular formula is C15H13F2NO3. The number of aromatic carboxylic acids is 1. The van der Waals surface area contributed by atoms with Crippen molar-refractivity contribution in [2.45, 2.75) is 6.61 Å². The standard InChI is InChI=1S/C15H13F2NO3/c1-21-8-9-4-2-3-5-13(9)18-14-11(16)6-10(15(19)20)7-12(14)17/h2-7,18H,8H2,1H3,(H,19,20). The van der Waals surface area contributed by atoms with Crippen molar-refractivity contribution in [2.75, 3.05) is 12.4 Å². The molecule has 110 valence electrons. The minimum absolute atomic E-state index is 0.277. The van der Waals surface area contributed by atoms with Crippen molar-refractivity contribution in [3.05, 3.63) is 59.2 Å². The number of carboxylic acid groups (broad SMARTS) is 1. The van der Waals surface area contributed by atoms with Crippen LogP contribution in [0, 0.1) is 11.6 Å². The molecule has 6 heteroatoms. The second-order valence-electron chi connectivity index (χ2n) is 4.34. The molecule has 0 unspecified atom stereocenters. The van der Waals surface area contributed by atoms with E-state index in [2.05, 4.69) is 5.32 Å². The van der Waals surface area contributed by atoms with Crippen LogP contribution in [-0.4, -0.2) is 18.2 Å². The summed E-state index contributed by atoms with van der Waals surface area (Å²) in [6.07, 6.45) is 0. The van der Waals surface area contributed by atoms with Gasteiger partial charge in [-0.2, -0.15) is 0 Å². The highest BCUT2D eigenvalue weighted by molar-refractivity contribution is 5.88. The van der Waals surface area contributed by atoms with Gasteiger partial charge in [0.05, 0.1) is 12.2 Å². The van der Waals surface area contributed by atoms with Gasteiger partial charge in [-0.1, -0.05) is 18.2 Å². The van der Waals surface area contributed by atoms with E-state index in [0.717, 1.165) is 17.7 Å². The van der Waals surface area contributed by atoms with Crippen LogP contribution in [0.1, 0.15) is 15.9 Å². The largest absolute Gasteiger partial charge is 0.478 e. The third-order valence-electron chi connectivity index (χ3n) is 2.87. The molecule has 0 spiro atoms. The number of rotatable bonds is 5. The summed E-state index contributed by atoms with van der Waals surface area (Å²) in [5.41, 5.74) is 0.366. The first kappa shape index (κ1) is 14.9. The molecule has 0 radical (unpaired) electrons. The van der Waals surface area contributed by atoms with Crippen LogP contribution in [-0.2, 0) is 11.3 Å². The molecule has 0 fully saturated rings. The van der Waals surface area contributed by atoms with Gasteiger partial charge in [0.2, 0.25) is 0 Å². The zero-order chi connectivity index (χ0) is 15.4. The Balaban J connectivity index is 2.38. The summed E-state index contributed by atoms with van der Waals surface area (Å²) in [5.74, 6) is -3.33. The van der Waals surface area contributed by atoms with E-state index in [1.165, 1.54) is 7.11 Å². The van der Waals surface area contributed by atoms with E-state index in [9.17, 15) is 13.6 Å². The Labute approximate surface area is 120 Å². The minimum Gasteiger partial charge on any atom is -0.478 e. The number of methoxy groups -OCH3 is 1. The average Bonchev–Trinajstić information content (AvgIpc) is 2.44. The summed E-state index contributed by atoms with van der Waals surface area (Å²) < 4.78 is 32.8. The van der Waals surface area contributed by atoms with Crippen molar-refractivity contribution < 1.29 is 23.4 Å². The molecule has 2 aromatic rings. The summed E-state index contributed by atoms with van der Waals surface area (Å²) in [4.78, 5) is 10.7. The highest BCUT2D eigenvalue weighted by Gasteiger charge is 2.15. The number of anilines is 2. The monoisotopic (exact) mass is 293 g/mol. The third kappa shape index (κ3) is 3.35. The fraction of sp³-hybridized carbons (Fsp3) is 0.133. The van der Waals surface area contributed by atoms with Crippen molar-refractivity contribution in [1.29, 1.82) is 0 Å². The van der Waals surface area contributed by atoms with Crippen molar-refractivity contribution in [1.82, 2.24) is 0 Å². The lowest BCUT2D eigenvalue weighted by Crippen LogP contribution is -2.05. The second kappa shape index (κ2) is 6.32. The summed E-state index contributed by atoms with van der Waals surface area (Å²) in [6.45, 7) is 0.277. The molecule has 2 rings (SSSR count). The van der Waals surface area contributed by atoms with Crippen LogP contribution in [0.2, 0.25) is 0 Å². The zero-order valence-corrected chi connectivity index (χ0v) is 11.2. The Morgan fingerprint density at radius 2 is 1.86 bits per heavy atom. The number of ether oxygens (including phenoxy) is 1. The quantitative estimate of drug-likeness (QED) is 0.885. The fourth-order valence-corrected chi connectivity index (χ4v) is 1.87. The van der Waals surface area contributed by atoms with Crippen molar-refractivity contribution in [2.24, 2.45) is 0 Å². The molecule has 0 aromatic heterocycles. The van der Waals surface area contributed by atoms with Crippen molar-refractivity contribution in [3.63, 3.8) is 0 Å². The third-order valence-corrected chi connectivity index (χ3v) is 2.87. The summed E-state index contributed by atoms with van der Waals surface area (Å²) >= 11 is 0. The first-order valence-corrected chi connectivity index (χ1v) is 6.09. The molecule has 0 saturated carbocycles. The summed E-state index contributed by atoms with van der Waals surface area (Å²) in [6, 6.07) is 8.44. The number of carbonyl (C=O) groups is 1. The lowest BCUT2D eigenvalue weighted by molar-refractivity contribution is 0.0696. The molecule has 0 amide bonds. The second-order valence-corrected chi connectivity index (χ2v) is 4.34. The van der Waals surface area contributed by atoms with Gasteiger partial charge in [0.25, 0.3) is 0 Å². The van der Waals surface area contributed by atoms with E-state index >= 15 is 0 Å². The van der Waals surface area contributed by atoms with Crippen LogP contribution >= 0.6 is 0 Å². The molecule has 0 atom stereocenters. The predicted molar refractivity (Wildman–Crippen MR) is 73.8 cm³/mol. The van der Waals surface area contributed by atoms with Crippen molar-refractivity contribution in [3.8, 4) is 0 Å². The number of halogens is 2. The van der Waals surface area contributed by atoms with Gasteiger partial charge in [-0.05, 0) is 18.2 Å². The maximum absolute atomic E-state index is 13.9. The minimum atomic E-state index is -1.39. The lowest BCUT2D eigenvalue weighted by atomic mass is 10.1. The number of benzene rings is 2. The van der Waals surface area contributed by atoms with Gasteiger partial charge in [0, 0.05) is 18.4 Å². The lowest BCUT2D eigenvalue weighted by Gasteiger charge is -2.13. The smallest absolute Gasteiger partial charge is 0.335 e. The summed E-state index contributed by atoms with van der Waals surface area (Å²) in [7, 11) is 1.51. The number of nitrogens with one attached hydrogen (secondary N) is 1. The van der Waals surface area contributed by atoms with E-state index < -0.39 is 28.9 Å². The molecule has 21 heavy (non-hydrogen) atoms. The van der Waals surface area contributed by atoms with E-state index in [0.29, 0.717) is 5.69 Å². The van der Waals surface area contributed by atoms with E-state index in [1.807, 2.05) is 0 Å². The molecule has 0 aliphatic rings. The predicted octanol–water partition coefficient (Wildman–Crippen LogP) is 3.55. The van der Waals surface area contributed by atoms with Gasteiger partial charge in [-0.25, -0.2) is 13.6 Å². The molecule has 0 saturated heterocycles. The van der Waals surface area contributed by atoms with Gasteiger partial charge in [0.15, 0.2) is 11.6 Å². The van der Waals surface area contributed by atoms with Crippen LogP contribution in [0.4, 0.5) is 20.2 Å². The summed E-state index contributed by atoms with van der Waals surface area (Å²) in [5, 5.41) is 11.4. The van der Waals surface area contributed by atoms with Crippen LogP contribution in [0.25, 0.3) is 0 Å². The highest BCUT2D eigenvalue weighted by Crippen LogP contribution is 2.27. The van der Waals surface area contributed by atoms with Gasteiger partial charge >= 0.3 is 5.97 Å². The first-order chi connectivity index (χ1) is 10.0. The highest BCUT2D eigenvalue weighted by atomic mass is 19.1. The van der Waals surface area contributed by atoms with Crippen LogP contribution in [0.5, 0.6) is 0 Å². The Kier molecular flexibility index (Phi) is 4.49. The molecule has 2 N–H and O–H groups in total. The molecule has 0 aliphatic heterocycles. The Bertz CT molecular complexity index is 651. The fourth-order valence-electron chi connectivity index (χ4n) is 1.87. The maximum atomic E-state index is 13.9. The van der Waals surface area contributed by atoms with Crippen LogP contribution in [0.3, 0.4) is 0 Å². The number of carboxylic acids is 1. The van der Waals surface area contributed by atoms with Gasteiger partial charge in [0.1, 0.15) is 5.69 Å². The Hall–Kier alpha value is -2.47.